The fourth-order valence-corrected chi connectivity index (χ4v) is 2.76. The molecule has 0 aromatic heterocycles. The van der Waals surface area contributed by atoms with Gasteiger partial charge < -0.3 is 5.73 Å². The molecule has 0 radical (unpaired) electrons. The summed E-state index contributed by atoms with van der Waals surface area (Å²) >= 11 is 0. The number of Topliss-reactive ketones (excluding diaryl/α,β-unsaturated/α-hetero) is 1. The highest BCUT2D eigenvalue weighted by Gasteiger charge is 2.29. The Hall–Kier alpha value is -1.93. The molecule has 0 fully saturated rings. The second-order valence-corrected chi connectivity index (χ2v) is 5.16. The van der Waals surface area contributed by atoms with Gasteiger partial charge in [-0.3, -0.25) is 4.79 Å². The zero-order valence-corrected chi connectivity index (χ0v) is 10.8. The Morgan fingerprint density at radius 1 is 1.11 bits per heavy atom. The summed E-state index contributed by atoms with van der Waals surface area (Å²) in [5.74, 6) is 0.490. The maximum absolute atomic E-state index is 12.2. The minimum Gasteiger partial charge on any atom is -0.318 e. The molecule has 96 valence electrons. The van der Waals surface area contributed by atoms with Crippen molar-refractivity contribution < 1.29 is 4.79 Å². The van der Waals surface area contributed by atoms with Gasteiger partial charge in [0.1, 0.15) is 0 Å². The molecule has 2 aromatic carbocycles. The molecule has 2 unspecified atom stereocenters. The summed E-state index contributed by atoms with van der Waals surface area (Å²) in [6, 6.07) is 17.4. The topological polar surface area (TPSA) is 43.1 Å². The molecule has 0 amide bonds. The number of ketones is 1. The quantitative estimate of drug-likeness (QED) is 0.907. The van der Waals surface area contributed by atoms with Crippen LogP contribution in [-0.4, -0.2) is 5.78 Å². The van der Waals surface area contributed by atoms with Gasteiger partial charge in [-0.1, -0.05) is 54.6 Å². The maximum atomic E-state index is 12.2. The summed E-state index contributed by atoms with van der Waals surface area (Å²) in [5, 5.41) is 0. The second-order valence-electron chi connectivity index (χ2n) is 5.16. The van der Waals surface area contributed by atoms with Crippen LogP contribution in [-0.2, 0) is 11.2 Å². The fraction of sp³-hybridized carbons (Fsp3) is 0.235. The molecule has 2 aromatic rings. The third-order valence-electron chi connectivity index (χ3n) is 3.91. The van der Waals surface area contributed by atoms with E-state index in [4.69, 9.17) is 5.73 Å². The molecule has 2 atom stereocenters. The van der Waals surface area contributed by atoms with Crippen molar-refractivity contribution in [1.82, 2.24) is 0 Å². The van der Waals surface area contributed by atoms with Crippen molar-refractivity contribution in [3.63, 3.8) is 0 Å². The van der Waals surface area contributed by atoms with Crippen LogP contribution in [0.2, 0.25) is 0 Å². The normalized spacial score (nSPS) is 18.3. The molecule has 19 heavy (non-hydrogen) atoms. The molecule has 0 saturated heterocycles. The van der Waals surface area contributed by atoms with Gasteiger partial charge in [-0.25, -0.2) is 0 Å². The van der Waals surface area contributed by atoms with Crippen molar-refractivity contribution in [3.05, 3.63) is 71.3 Å². The van der Waals surface area contributed by atoms with Crippen LogP contribution < -0.4 is 5.73 Å². The Bertz CT molecular complexity index is 591. The van der Waals surface area contributed by atoms with Gasteiger partial charge in [0.15, 0.2) is 5.78 Å². The summed E-state index contributed by atoms with van der Waals surface area (Å²) in [6.07, 6.45) is 1.55. The minimum absolute atomic E-state index is 0.130. The average molecular weight is 251 g/mol. The number of carbonyl (C=O) groups excluding carboxylic acids is 1. The van der Waals surface area contributed by atoms with E-state index in [9.17, 15) is 4.79 Å². The fourth-order valence-electron chi connectivity index (χ4n) is 2.76. The molecule has 0 aliphatic heterocycles. The molecular weight excluding hydrogens is 234 g/mol. The van der Waals surface area contributed by atoms with Gasteiger partial charge in [0, 0.05) is 6.42 Å². The summed E-state index contributed by atoms with van der Waals surface area (Å²) < 4.78 is 0. The molecule has 0 spiro atoms. The Labute approximate surface area is 113 Å². The lowest BCUT2D eigenvalue weighted by molar-refractivity contribution is -0.120. The Kier molecular flexibility index (Phi) is 3.18. The van der Waals surface area contributed by atoms with Crippen LogP contribution in [0.4, 0.5) is 0 Å². The first kappa shape index (κ1) is 12.1. The average Bonchev–Trinajstić information content (AvgIpc) is 2.44. The molecule has 2 nitrogen and oxygen atoms in total. The molecule has 2 N–H and O–H groups in total. The second kappa shape index (κ2) is 4.98. The number of carbonyl (C=O) groups is 1. The zero-order valence-electron chi connectivity index (χ0n) is 10.8. The first-order chi connectivity index (χ1) is 9.25. The maximum Gasteiger partial charge on any atom is 0.154 e. The molecule has 0 heterocycles. The third kappa shape index (κ3) is 2.32. The highest BCUT2D eigenvalue weighted by Crippen LogP contribution is 2.38. The van der Waals surface area contributed by atoms with Gasteiger partial charge in [0.25, 0.3) is 0 Å². The Balaban J connectivity index is 1.67. The van der Waals surface area contributed by atoms with Crippen molar-refractivity contribution in [1.29, 1.82) is 0 Å². The van der Waals surface area contributed by atoms with E-state index in [1.807, 2.05) is 42.5 Å². The van der Waals surface area contributed by atoms with Gasteiger partial charge in [0.2, 0.25) is 0 Å². The minimum atomic E-state index is -0.492. The first-order valence-electron chi connectivity index (χ1n) is 6.67. The zero-order chi connectivity index (χ0) is 13.2. The monoisotopic (exact) mass is 251 g/mol. The van der Waals surface area contributed by atoms with Gasteiger partial charge >= 0.3 is 0 Å². The summed E-state index contributed by atoms with van der Waals surface area (Å²) in [5.41, 5.74) is 9.62. The number of rotatable bonds is 4. The van der Waals surface area contributed by atoms with Crippen LogP contribution in [0.15, 0.2) is 54.6 Å². The predicted molar refractivity (Wildman–Crippen MR) is 75.9 cm³/mol. The molecule has 3 rings (SSSR count). The summed E-state index contributed by atoms with van der Waals surface area (Å²) in [6.45, 7) is 0. The van der Waals surface area contributed by atoms with Crippen molar-refractivity contribution in [2.75, 3.05) is 0 Å². The van der Waals surface area contributed by atoms with E-state index in [1.165, 1.54) is 11.1 Å². The van der Waals surface area contributed by atoms with E-state index < -0.39 is 6.04 Å². The van der Waals surface area contributed by atoms with E-state index in [1.54, 1.807) is 0 Å². The van der Waals surface area contributed by atoms with E-state index in [-0.39, 0.29) is 5.78 Å². The van der Waals surface area contributed by atoms with Crippen molar-refractivity contribution >= 4 is 5.78 Å². The standard InChI is InChI=1S/C17H17NO/c18-17(12-6-2-1-3-7-12)16(19)11-14-10-13-8-4-5-9-15(13)14/h1-9,14,17H,10-11,18H2. The molecule has 2 heteroatoms. The smallest absolute Gasteiger partial charge is 0.154 e. The van der Waals surface area contributed by atoms with Crippen LogP contribution in [0, 0.1) is 0 Å². The largest absolute Gasteiger partial charge is 0.318 e. The molecular formula is C17H17NO. The van der Waals surface area contributed by atoms with Crippen molar-refractivity contribution in [3.8, 4) is 0 Å². The van der Waals surface area contributed by atoms with E-state index in [0.29, 0.717) is 12.3 Å². The Morgan fingerprint density at radius 3 is 2.53 bits per heavy atom. The molecule has 0 bridgehead atoms. The molecule has 0 saturated carbocycles. The van der Waals surface area contributed by atoms with Crippen LogP contribution >= 0.6 is 0 Å². The number of fused-ring (bicyclic) bond motifs is 1. The van der Waals surface area contributed by atoms with Gasteiger partial charge in [-0.2, -0.15) is 0 Å². The predicted octanol–water partition coefficient (Wildman–Crippen LogP) is 2.99. The van der Waals surface area contributed by atoms with Gasteiger partial charge in [-0.05, 0) is 29.0 Å². The van der Waals surface area contributed by atoms with E-state index >= 15 is 0 Å². The highest BCUT2D eigenvalue weighted by molar-refractivity contribution is 5.86. The van der Waals surface area contributed by atoms with Crippen LogP contribution in [0.1, 0.15) is 35.1 Å². The lowest BCUT2D eigenvalue weighted by Crippen LogP contribution is -2.27. The Morgan fingerprint density at radius 2 is 1.79 bits per heavy atom. The number of hydrogen-bond donors (Lipinski definition) is 1. The lowest BCUT2D eigenvalue weighted by atomic mass is 9.74. The summed E-state index contributed by atoms with van der Waals surface area (Å²) in [4.78, 5) is 12.2. The van der Waals surface area contributed by atoms with Crippen LogP contribution in [0.25, 0.3) is 0 Å². The number of benzene rings is 2. The van der Waals surface area contributed by atoms with E-state index in [0.717, 1.165) is 12.0 Å². The third-order valence-corrected chi connectivity index (χ3v) is 3.91. The SMILES string of the molecule is NC(C(=O)CC1Cc2ccccc21)c1ccccc1. The number of hydrogen-bond acceptors (Lipinski definition) is 2. The molecule has 1 aliphatic rings. The number of nitrogens with two attached hydrogens (primary N) is 1. The van der Waals surface area contributed by atoms with Gasteiger partial charge in [0.05, 0.1) is 6.04 Å². The van der Waals surface area contributed by atoms with Crippen molar-refractivity contribution in [2.45, 2.75) is 24.8 Å². The first-order valence-corrected chi connectivity index (χ1v) is 6.67. The van der Waals surface area contributed by atoms with Gasteiger partial charge in [-0.15, -0.1) is 0 Å². The van der Waals surface area contributed by atoms with E-state index in [2.05, 4.69) is 12.1 Å². The van der Waals surface area contributed by atoms with Crippen LogP contribution in [0.5, 0.6) is 0 Å². The van der Waals surface area contributed by atoms with Crippen molar-refractivity contribution in [2.24, 2.45) is 5.73 Å². The highest BCUT2D eigenvalue weighted by atomic mass is 16.1. The molecule has 1 aliphatic carbocycles. The summed E-state index contributed by atoms with van der Waals surface area (Å²) in [7, 11) is 0. The lowest BCUT2D eigenvalue weighted by Gasteiger charge is -2.30. The van der Waals surface area contributed by atoms with Crippen LogP contribution in [0.3, 0.4) is 0 Å².